The highest BCUT2D eigenvalue weighted by atomic mass is 19.1. The van der Waals surface area contributed by atoms with Gasteiger partial charge in [-0.3, -0.25) is 9.59 Å². The Hall–Kier alpha value is -1.91. The molecule has 0 atom stereocenters. The van der Waals surface area contributed by atoms with E-state index < -0.39 is 0 Å². The van der Waals surface area contributed by atoms with Gasteiger partial charge in [0.15, 0.2) is 0 Å². The second kappa shape index (κ2) is 7.03. The van der Waals surface area contributed by atoms with E-state index in [2.05, 4.69) is 10.6 Å². The summed E-state index contributed by atoms with van der Waals surface area (Å²) in [7, 11) is 0. The summed E-state index contributed by atoms with van der Waals surface area (Å²) >= 11 is 0. The van der Waals surface area contributed by atoms with Gasteiger partial charge < -0.3 is 10.6 Å². The Morgan fingerprint density at radius 1 is 1.20 bits per heavy atom. The maximum atomic E-state index is 13.0. The Bertz CT molecular complexity index is 485. The molecule has 1 aliphatic rings. The quantitative estimate of drug-likeness (QED) is 0.858. The van der Waals surface area contributed by atoms with Gasteiger partial charge in [-0.05, 0) is 30.5 Å². The van der Waals surface area contributed by atoms with Gasteiger partial charge in [0.2, 0.25) is 11.8 Å². The van der Waals surface area contributed by atoms with Gasteiger partial charge in [-0.1, -0.05) is 25.0 Å². The maximum Gasteiger partial charge on any atom is 0.239 e. The molecule has 108 valence electrons. The van der Waals surface area contributed by atoms with Crippen molar-refractivity contribution >= 4 is 11.8 Å². The number of carbonyl (C=O) groups is 2. The van der Waals surface area contributed by atoms with Crippen LogP contribution in [0.5, 0.6) is 0 Å². The summed E-state index contributed by atoms with van der Waals surface area (Å²) in [6.07, 6.45) is 4.41. The van der Waals surface area contributed by atoms with Gasteiger partial charge in [0.1, 0.15) is 5.82 Å². The fourth-order valence-electron chi connectivity index (χ4n) is 2.42. The topological polar surface area (TPSA) is 58.2 Å². The average Bonchev–Trinajstić information content (AvgIpc) is 2.89. The van der Waals surface area contributed by atoms with Crippen molar-refractivity contribution in [1.82, 2.24) is 10.6 Å². The molecule has 1 saturated carbocycles. The van der Waals surface area contributed by atoms with Crippen molar-refractivity contribution in [2.45, 2.75) is 38.1 Å². The minimum absolute atomic E-state index is 0.0232. The molecule has 0 saturated heterocycles. The van der Waals surface area contributed by atoms with Gasteiger partial charge in [0, 0.05) is 6.04 Å². The van der Waals surface area contributed by atoms with E-state index in [0.29, 0.717) is 5.56 Å². The van der Waals surface area contributed by atoms with E-state index in [1.165, 1.54) is 12.1 Å². The molecule has 0 heterocycles. The van der Waals surface area contributed by atoms with E-state index >= 15 is 0 Å². The minimum atomic E-state index is -0.366. The summed E-state index contributed by atoms with van der Waals surface area (Å²) < 4.78 is 13.0. The molecule has 0 aliphatic heterocycles. The molecular weight excluding hydrogens is 259 g/mol. The molecule has 0 bridgehead atoms. The highest BCUT2D eigenvalue weighted by molar-refractivity contribution is 5.85. The zero-order valence-corrected chi connectivity index (χ0v) is 11.3. The van der Waals surface area contributed by atoms with Crippen LogP contribution in [0.15, 0.2) is 24.3 Å². The molecule has 0 unspecified atom stereocenters. The van der Waals surface area contributed by atoms with E-state index in [1.807, 2.05) is 0 Å². The van der Waals surface area contributed by atoms with Crippen LogP contribution in [-0.2, 0) is 16.0 Å². The molecule has 2 amide bonds. The summed E-state index contributed by atoms with van der Waals surface area (Å²) in [5.74, 6) is -0.809. The van der Waals surface area contributed by atoms with Gasteiger partial charge in [-0.15, -0.1) is 0 Å². The van der Waals surface area contributed by atoms with Crippen LogP contribution in [-0.4, -0.2) is 24.4 Å². The van der Waals surface area contributed by atoms with Gasteiger partial charge in [-0.25, -0.2) is 4.39 Å². The van der Waals surface area contributed by atoms with Crippen LogP contribution < -0.4 is 10.6 Å². The number of halogens is 1. The van der Waals surface area contributed by atoms with Gasteiger partial charge in [0.25, 0.3) is 0 Å². The monoisotopic (exact) mass is 278 g/mol. The lowest BCUT2D eigenvalue weighted by Crippen LogP contribution is -2.41. The van der Waals surface area contributed by atoms with Crippen molar-refractivity contribution in [3.63, 3.8) is 0 Å². The molecule has 1 aliphatic carbocycles. The maximum absolute atomic E-state index is 13.0. The molecule has 1 fully saturated rings. The number of amides is 2. The van der Waals surface area contributed by atoms with Gasteiger partial charge in [0.05, 0.1) is 13.0 Å². The molecule has 5 heteroatoms. The van der Waals surface area contributed by atoms with E-state index in [9.17, 15) is 14.0 Å². The lowest BCUT2D eigenvalue weighted by molar-refractivity contribution is -0.126. The number of hydrogen-bond donors (Lipinski definition) is 2. The summed E-state index contributed by atoms with van der Waals surface area (Å²) in [5, 5.41) is 5.44. The largest absolute Gasteiger partial charge is 0.352 e. The van der Waals surface area contributed by atoms with Crippen molar-refractivity contribution in [3.8, 4) is 0 Å². The summed E-state index contributed by atoms with van der Waals surface area (Å²) in [6.45, 7) is -0.0232. The molecule has 0 aromatic heterocycles. The molecular formula is C15H19FN2O2. The Morgan fingerprint density at radius 3 is 2.65 bits per heavy atom. The predicted molar refractivity (Wildman–Crippen MR) is 73.5 cm³/mol. The highest BCUT2D eigenvalue weighted by Crippen LogP contribution is 2.17. The first kappa shape index (κ1) is 14.5. The SMILES string of the molecule is O=C(Cc1cccc(F)c1)NCC(=O)NC1CCCC1. The zero-order chi connectivity index (χ0) is 14.4. The Morgan fingerprint density at radius 2 is 1.95 bits per heavy atom. The molecule has 4 nitrogen and oxygen atoms in total. The third-order valence-electron chi connectivity index (χ3n) is 3.42. The first-order valence-corrected chi connectivity index (χ1v) is 6.94. The van der Waals surface area contributed by atoms with Gasteiger partial charge in [-0.2, -0.15) is 0 Å². The summed E-state index contributed by atoms with van der Waals surface area (Å²) in [5.41, 5.74) is 0.596. The van der Waals surface area contributed by atoms with Gasteiger partial charge >= 0.3 is 0 Å². The van der Waals surface area contributed by atoms with Crippen LogP contribution in [0, 0.1) is 5.82 Å². The Labute approximate surface area is 117 Å². The second-order valence-electron chi connectivity index (χ2n) is 5.13. The first-order valence-electron chi connectivity index (χ1n) is 6.94. The number of hydrogen-bond acceptors (Lipinski definition) is 2. The molecule has 0 radical (unpaired) electrons. The van der Waals surface area contributed by atoms with E-state index in [-0.39, 0.29) is 36.6 Å². The summed E-state index contributed by atoms with van der Waals surface area (Å²) in [6, 6.07) is 6.14. The fraction of sp³-hybridized carbons (Fsp3) is 0.467. The van der Waals surface area contributed by atoms with Crippen LogP contribution in [0.2, 0.25) is 0 Å². The normalized spacial score (nSPS) is 15.1. The predicted octanol–water partition coefficient (Wildman–Crippen LogP) is 1.54. The van der Waals surface area contributed by atoms with Crippen molar-refractivity contribution < 1.29 is 14.0 Å². The van der Waals surface area contributed by atoms with Crippen molar-refractivity contribution in [1.29, 1.82) is 0 Å². The first-order chi connectivity index (χ1) is 9.63. The third kappa shape index (κ3) is 4.64. The van der Waals surface area contributed by atoms with Crippen molar-refractivity contribution in [3.05, 3.63) is 35.6 Å². The van der Waals surface area contributed by atoms with E-state index in [0.717, 1.165) is 25.7 Å². The highest BCUT2D eigenvalue weighted by Gasteiger charge is 2.17. The molecule has 0 spiro atoms. The van der Waals surface area contributed by atoms with Crippen molar-refractivity contribution in [2.75, 3.05) is 6.54 Å². The second-order valence-corrected chi connectivity index (χ2v) is 5.13. The van der Waals surface area contributed by atoms with Crippen LogP contribution in [0.3, 0.4) is 0 Å². The molecule has 20 heavy (non-hydrogen) atoms. The Kier molecular flexibility index (Phi) is 5.09. The minimum Gasteiger partial charge on any atom is -0.352 e. The smallest absolute Gasteiger partial charge is 0.239 e. The number of benzene rings is 1. The standard InChI is InChI=1S/C15H19FN2O2/c16-12-5-3-4-11(8-12)9-14(19)17-10-15(20)18-13-6-1-2-7-13/h3-5,8,13H,1-2,6-7,9-10H2,(H,17,19)(H,18,20). The number of rotatable bonds is 5. The van der Waals surface area contributed by atoms with Crippen LogP contribution in [0.1, 0.15) is 31.2 Å². The fourth-order valence-corrected chi connectivity index (χ4v) is 2.42. The van der Waals surface area contributed by atoms with Crippen LogP contribution in [0.4, 0.5) is 4.39 Å². The lowest BCUT2D eigenvalue weighted by atomic mass is 10.1. The van der Waals surface area contributed by atoms with E-state index in [4.69, 9.17) is 0 Å². The molecule has 2 rings (SSSR count). The van der Waals surface area contributed by atoms with Crippen molar-refractivity contribution in [2.24, 2.45) is 0 Å². The number of carbonyl (C=O) groups excluding carboxylic acids is 2. The molecule has 1 aromatic carbocycles. The zero-order valence-electron chi connectivity index (χ0n) is 11.3. The van der Waals surface area contributed by atoms with E-state index in [1.54, 1.807) is 12.1 Å². The Balaban J connectivity index is 1.70. The number of nitrogens with one attached hydrogen (secondary N) is 2. The third-order valence-corrected chi connectivity index (χ3v) is 3.42. The van der Waals surface area contributed by atoms with Crippen LogP contribution >= 0.6 is 0 Å². The molecule has 2 N–H and O–H groups in total. The van der Waals surface area contributed by atoms with Crippen LogP contribution in [0.25, 0.3) is 0 Å². The molecule has 1 aromatic rings. The average molecular weight is 278 g/mol. The lowest BCUT2D eigenvalue weighted by Gasteiger charge is -2.12. The summed E-state index contributed by atoms with van der Waals surface area (Å²) in [4.78, 5) is 23.3.